The molecule has 0 unspecified atom stereocenters. The number of carbonyl (C=O) groups is 1. The van der Waals surface area contributed by atoms with Crippen LogP contribution < -0.4 is 10.2 Å². The second-order valence-electron chi connectivity index (χ2n) is 8.04. The summed E-state index contributed by atoms with van der Waals surface area (Å²) in [6.07, 6.45) is 1.77. The van der Waals surface area contributed by atoms with E-state index in [1.165, 1.54) is 0 Å². The minimum absolute atomic E-state index is 0.0507. The molecule has 8 nitrogen and oxygen atoms in total. The van der Waals surface area contributed by atoms with Crippen molar-refractivity contribution in [2.75, 3.05) is 37.6 Å². The van der Waals surface area contributed by atoms with Gasteiger partial charge >= 0.3 is 0 Å². The first-order valence-corrected chi connectivity index (χ1v) is 10.7. The maximum atomic E-state index is 12.3. The van der Waals surface area contributed by atoms with E-state index in [1.54, 1.807) is 6.20 Å². The van der Waals surface area contributed by atoms with Crippen LogP contribution in [0.5, 0.6) is 0 Å². The summed E-state index contributed by atoms with van der Waals surface area (Å²) in [5.74, 6) is 2.37. The highest BCUT2D eigenvalue weighted by Gasteiger charge is 2.21. The molecule has 1 aromatic carbocycles. The highest BCUT2D eigenvalue weighted by Crippen LogP contribution is 2.23. The van der Waals surface area contributed by atoms with Gasteiger partial charge in [-0.3, -0.25) is 9.69 Å². The molecule has 1 fully saturated rings. The average molecular weight is 421 g/mol. The third-order valence-electron chi connectivity index (χ3n) is 5.35. The van der Waals surface area contributed by atoms with Gasteiger partial charge in [0.05, 0.1) is 6.54 Å². The fourth-order valence-electron chi connectivity index (χ4n) is 3.50. The van der Waals surface area contributed by atoms with E-state index in [4.69, 9.17) is 4.52 Å². The van der Waals surface area contributed by atoms with Crippen molar-refractivity contribution in [2.24, 2.45) is 0 Å². The Hall–Kier alpha value is -3.26. The number of hydrogen-bond acceptors (Lipinski definition) is 7. The number of piperazine rings is 1. The molecule has 8 heteroatoms. The fourth-order valence-corrected chi connectivity index (χ4v) is 3.50. The number of nitrogens with zero attached hydrogens (tertiary/aromatic N) is 5. The van der Waals surface area contributed by atoms with Crippen molar-refractivity contribution in [3.05, 3.63) is 60.0 Å². The molecule has 0 spiro atoms. The van der Waals surface area contributed by atoms with E-state index in [0.717, 1.165) is 43.1 Å². The quantitative estimate of drug-likeness (QED) is 0.629. The van der Waals surface area contributed by atoms with Crippen LogP contribution in [0.15, 0.2) is 53.2 Å². The lowest BCUT2D eigenvalue weighted by Crippen LogP contribution is -2.49. The van der Waals surface area contributed by atoms with E-state index in [9.17, 15) is 4.79 Å². The minimum Gasteiger partial charge on any atom is -0.354 e. The van der Waals surface area contributed by atoms with E-state index >= 15 is 0 Å². The third-order valence-corrected chi connectivity index (χ3v) is 5.35. The average Bonchev–Trinajstić information content (AvgIpc) is 3.30. The Balaban J connectivity index is 1.29. The summed E-state index contributed by atoms with van der Waals surface area (Å²) in [5, 5.41) is 7.04. The van der Waals surface area contributed by atoms with Crippen LogP contribution in [0.3, 0.4) is 0 Å². The lowest BCUT2D eigenvalue weighted by molar-refractivity contribution is -0.122. The zero-order valence-corrected chi connectivity index (χ0v) is 18.0. The molecule has 3 heterocycles. The van der Waals surface area contributed by atoms with Gasteiger partial charge in [-0.2, -0.15) is 4.98 Å². The monoisotopic (exact) mass is 420 g/mol. The number of nitrogens with one attached hydrogen (secondary N) is 1. The van der Waals surface area contributed by atoms with E-state index < -0.39 is 0 Å². The van der Waals surface area contributed by atoms with Gasteiger partial charge < -0.3 is 14.7 Å². The molecule has 1 aliphatic heterocycles. The normalized spacial score (nSPS) is 14.7. The Bertz CT molecular complexity index is 996. The molecule has 31 heavy (non-hydrogen) atoms. The van der Waals surface area contributed by atoms with Gasteiger partial charge in [-0.05, 0) is 17.7 Å². The van der Waals surface area contributed by atoms with Gasteiger partial charge in [0, 0.05) is 50.4 Å². The number of rotatable bonds is 7. The molecule has 3 aromatic rings. The van der Waals surface area contributed by atoms with Crippen LogP contribution in [-0.4, -0.2) is 58.7 Å². The molecule has 0 radical (unpaired) electrons. The number of amides is 1. The second kappa shape index (κ2) is 9.70. The van der Waals surface area contributed by atoms with Crippen molar-refractivity contribution in [1.29, 1.82) is 0 Å². The van der Waals surface area contributed by atoms with Crippen LogP contribution in [0, 0.1) is 0 Å². The van der Waals surface area contributed by atoms with Crippen LogP contribution in [0.2, 0.25) is 0 Å². The second-order valence-corrected chi connectivity index (χ2v) is 8.04. The van der Waals surface area contributed by atoms with E-state index in [0.29, 0.717) is 24.8 Å². The van der Waals surface area contributed by atoms with Crippen LogP contribution in [0.25, 0.3) is 11.5 Å². The molecule has 1 saturated heterocycles. The van der Waals surface area contributed by atoms with Crippen molar-refractivity contribution < 1.29 is 9.32 Å². The maximum Gasteiger partial charge on any atom is 0.258 e. The number of carbonyl (C=O) groups excluding carboxylic acids is 1. The zero-order valence-electron chi connectivity index (χ0n) is 18.0. The van der Waals surface area contributed by atoms with Gasteiger partial charge in [0.1, 0.15) is 5.82 Å². The summed E-state index contributed by atoms with van der Waals surface area (Å²) in [6, 6.07) is 13.8. The SMILES string of the molecule is CC(C)c1noc(-c2ccnc(N3CCN(CC(=O)NCc4ccccc4)CC3)c2)n1. The van der Waals surface area contributed by atoms with E-state index in [1.807, 2.05) is 56.3 Å². The molecular weight excluding hydrogens is 392 g/mol. The van der Waals surface area contributed by atoms with Crippen LogP contribution >= 0.6 is 0 Å². The fraction of sp³-hybridized carbons (Fsp3) is 0.391. The standard InChI is InChI=1S/C23H28N6O2/c1-17(2)22-26-23(31-27-22)19-8-9-24-20(14-19)29-12-10-28(11-13-29)16-21(30)25-15-18-6-4-3-5-7-18/h3-9,14,17H,10-13,15-16H2,1-2H3,(H,25,30). The van der Waals surface area contributed by atoms with Crippen LogP contribution in [0.1, 0.15) is 31.2 Å². The molecule has 2 aromatic heterocycles. The van der Waals surface area contributed by atoms with Gasteiger partial charge in [0.15, 0.2) is 5.82 Å². The largest absolute Gasteiger partial charge is 0.354 e. The van der Waals surface area contributed by atoms with Crippen molar-refractivity contribution in [3.63, 3.8) is 0 Å². The lowest BCUT2D eigenvalue weighted by atomic mass is 10.2. The Labute approximate surface area is 182 Å². The minimum atomic E-state index is 0.0507. The summed E-state index contributed by atoms with van der Waals surface area (Å²) in [5.41, 5.74) is 1.97. The lowest BCUT2D eigenvalue weighted by Gasteiger charge is -2.35. The predicted molar refractivity (Wildman–Crippen MR) is 119 cm³/mol. The van der Waals surface area contributed by atoms with Crippen molar-refractivity contribution in [2.45, 2.75) is 26.3 Å². The van der Waals surface area contributed by atoms with Gasteiger partial charge in [-0.15, -0.1) is 0 Å². The van der Waals surface area contributed by atoms with Crippen molar-refractivity contribution in [1.82, 2.24) is 25.3 Å². The van der Waals surface area contributed by atoms with Crippen molar-refractivity contribution in [3.8, 4) is 11.5 Å². The van der Waals surface area contributed by atoms with Gasteiger partial charge in [-0.25, -0.2) is 4.98 Å². The zero-order chi connectivity index (χ0) is 21.6. The highest BCUT2D eigenvalue weighted by atomic mass is 16.5. The first kappa shape index (κ1) is 21.0. The third kappa shape index (κ3) is 5.46. The molecule has 1 amide bonds. The van der Waals surface area contributed by atoms with Crippen molar-refractivity contribution >= 4 is 11.7 Å². The molecule has 4 rings (SSSR count). The molecule has 0 saturated carbocycles. The first-order valence-electron chi connectivity index (χ1n) is 10.7. The summed E-state index contributed by atoms with van der Waals surface area (Å²) >= 11 is 0. The molecule has 0 atom stereocenters. The number of anilines is 1. The van der Waals surface area contributed by atoms with Gasteiger partial charge in [0.2, 0.25) is 5.91 Å². The summed E-state index contributed by atoms with van der Waals surface area (Å²) in [6.45, 7) is 8.28. The Morgan fingerprint density at radius 1 is 1.13 bits per heavy atom. The molecule has 0 bridgehead atoms. The molecule has 1 aliphatic rings. The smallest absolute Gasteiger partial charge is 0.258 e. The van der Waals surface area contributed by atoms with Gasteiger partial charge in [0.25, 0.3) is 5.89 Å². The summed E-state index contributed by atoms with van der Waals surface area (Å²) < 4.78 is 5.41. The number of benzene rings is 1. The van der Waals surface area contributed by atoms with Crippen LogP contribution in [0.4, 0.5) is 5.82 Å². The number of aromatic nitrogens is 3. The Morgan fingerprint density at radius 3 is 2.61 bits per heavy atom. The number of pyridine rings is 1. The summed E-state index contributed by atoms with van der Waals surface area (Å²) in [7, 11) is 0. The predicted octanol–water partition coefficient (Wildman–Crippen LogP) is 2.69. The highest BCUT2D eigenvalue weighted by molar-refractivity contribution is 5.78. The first-order chi connectivity index (χ1) is 15.1. The molecule has 162 valence electrons. The summed E-state index contributed by atoms with van der Waals surface area (Å²) in [4.78, 5) is 25.7. The van der Waals surface area contributed by atoms with E-state index in [2.05, 4.69) is 30.2 Å². The van der Waals surface area contributed by atoms with Crippen LogP contribution in [-0.2, 0) is 11.3 Å². The van der Waals surface area contributed by atoms with E-state index in [-0.39, 0.29) is 11.8 Å². The Kier molecular flexibility index (Phi) is 6.57. The molecule has 1 N–H and O–H groups in total. The Morgan fingerprint density at radius 2 is 1.90 bits per heavy atom. The van der Waals surface area contributed by atoms with Gasteiger partial charge in [-0.1, -0.05) is 49.3 Å². The molecular formula is C23H28N6O2. The molecule has 0 aliphatic carbocycles. The number of hydrogen-bond donors (Lipinski definition) is 1. The topological polar surface area (TPSA) is 87.4 Å². The maximum absolute atomic E-state index is 12.3.